The number of rotatable bonds is 3. The molecule has 0 atom stereocenters. The van der Waals surface area contributed by atoms with Gasteiger partial charge in [0.2, 0.25) is 0 Å². The van der Waals surface area contributed by atoms with Crippen LogP contribution in [0.5, 0.6) is 0 Å². The topological polar surface area (TPSA) is 16.4 Å². The summed E-state index contributed by atoms with van der Waals surface area (Å²) < 4.78 is 5.16. The molecule has 11 heavy (non-hydrogen) atoms. The highest BCUT2D eigenvalue weighted by Gasteiger charge is 1.94. The average molecular weight is 176 g/mol. The van der Waals surface area contributed by atoms with Gasteiger partial charge in [0, 0.05) is 13.0 Å². The van der Waals surface area contributed by atoms with Crippen LogP contribution in [0.2, 0.25) is 0 Å². The fourth-order valence-corrected chi connectivity index (χ4v) is 0.789. The summed E-state index contributed by atoms with van der Waals surface area (Å²) in [6, 6.07) is 3.93. The fourth-order valence-electron chi connectivity index (χ4n) is 0.789. The van der Waals surface area contributed by atoms with Gasteiger partial charge in [0.25, 0.3) is 0 Å². The van der Waals surface area contributed by atoms with E-state index in [-0.39, 0.29) is 12.4 Å². The molecule has 0 fully saturated rings. The van der Waals surface area contributed by atoms with Crippen LogP contribution in [0.25, 0.3) is 0 Å². The molecule has 0 aromatic carbocycles. The van der Waals surface area contributed by atoms with Gasteiger partial charge in [0.15, 0.2) is 0 Å². The zero-order chi connectivity index (χ0) is 7.40. The lowest BCUT2D eigenvalue weighted by Crippen LogP contribution is -2.14. The monoisotopic (exact) mass is 175 g/mol. The summed E-state index contributed by atoms with van der Waals surface area (Å²) in [7, 11) is 4.12. The summed E-state index contributed by atoms with van der Waals surface area (Å²) >= 11 is 0. The Balaban J connectivity index is 0.000001000. The molecule has 0 N–H and O–H groups in total. The SMILES string of the molecule is CN(C)CCc1ccco1.Cl. The number of nitrogens with zero attached hydrogens (tertiary/aromatic N) is 1. The van der Waals surface area contributed by atoms with Crippen molar-refractivity contribution in [1.29, 1.82) is 0 Å². The molecule has 0 aliphatic rings. The van der Waals surface area contributed by atoms with Crippen molar-refractivity contribution in [3.63, 3.8) is 0 Å². The van der Waals surface area contributed by atoms with Crippen LogP contribution in [-0.2, 0) is 6.42 Å². The Morgan fingerprint density at radius 3 is 2.64 bits per heavy atom. The molecule has 64 valence electrons. The third-order valence-electron chi connectivity index (χ3n) is 1.39. The number of hydrogen-bond acceptors (Lipinski definition) is 2. The average Bonchev–Trinajstić information content (AvgIpc) is 2.34. The Bertz CT molecular complexity index is 172. The predicted octanol–water partition coefficient (Wildman–Crippen LogP) is 1.81. The van der Waals surface area contributed by atoms with E-state index in [9.17, 15) is 0 Å². The molecule has 0 unspecified atom stereocenters. The Hall–Kier alpha value is -0.470. The van der Waals surface area contributed by atoms with Gasteiger partial charge >= 0.3 is 0 Å². The van der Waals surface area contributed by atoms with E-state index in [0.29, 0.717) is 0 Å². The Morgan fingerprint density at radius 2 is 2.18 bits per heavy atom. The standard InChI is InChI=1S/C8H13NO.ClH/c1-9(2)6-5-8-4-3-7-10-8;/h3-4,7H,5-6H2,1-2H3;1H. The molecule has 0 spiro atoms. The van der Waals surface area contributed by atoms with E-state index in [0.717, 1.165) is 18.7 Å². The van der Waals surface area contributed by atoms with Crippen molar-refractivity contribution in [2.45, 2.75) is 6.42 Å². The van der Waals surface area contributed by atoms with E-state index in [1.165, 1.54) is 0 Å². The van der Waals surface area contributed by atoms with Crippen molar-refractivity contribution in [3.8, 4) is 0 Å². The maximum atomic E-state index is 5.16. The molecule has 0 saturated carbocycles. The van der Waals surface area contributed by atoms with Crippen molar-refractivity contribution in [2.24, 2.45) is 0 Å². The van der Waals surface area contributed by atoms with Gasteiger partial charge in [0.1, 0.15) is 5.76 Å². The first-order valence-electron chi connectivity index (χ1n) is 3.46. The molecule has 0 saturated heterocycles. The smallest absolute Gasteiger partial charge is 0.105 e. The minimum Gasteiger partial charge on any atom is -0.469 e. The Kier molecular flexibility index (Phi) is 4.99. The van der Waals surface area contributed by atoms with E-state index in [1.54, 1.807) is 6.26 Å². The first-order valence-corrected chi connectivity index (χ1v) is 3.46. The molecule has 0 bridgehead atoms. The van der Waals surface area contributed by atoms with Crippen LogP contribution < -0.4 is 0 Å². The van der Waals surface area contributed by atoms with E-state index in [1.807, 2.05) is 12.1 Å². The van der Waals surface area contributed by atoms with Crippen molar-refractivity contribution in [1.82, 2.24) is 4.90 Å². The quantitative estimate of drug-likeness (QED) is 0.697. The number of halogens is 1. The van der Waals surface area contributed by atoms with Crippen molar-refractivity contribution < 1.29 is 4.42 Å². The maximum Gasteiger partial charge on any atom is 0.105 e. The first kappa shape index (κ1) is 10.5. The minimum atomic E-state index is 0. The second-order valence-corrected chi connectivity index (χ2v) is 2.63. The van der Waals surface area contributed by atoms with Crippen LogP contribution in [0.1, 0.15) is 5.76 Å². The van der Waals surface area contributed by atoms with E-state index in [4.69, 9.17) is 4.42 Å². The van der Waals surface area contributed by atoms with Gasteiger partial charge in [-0.15, -0.1) is 12.4 Å². The second kappa shape index (κ2) is 5.22. The number of hydrogen-bond donors (Lipinski definition) is 0. The second-order valence-electron chi connectivity index (χ2n) is 2.63. The molecule has 1 rings (SSSR count). The summed E-state index contributed by atoms with van der Waals surface area (Å²) in [5.41, 5.74) is 0. The highest BCUT2D eigenvalue weighted by atomic mass is 35.5. The van der Waals surface area contributed by atoms with Crippen molar-refractivity contribution in [3.05, 3.63) is 24.2 Å². The van der Waals surface area contributed by atoms with Crippen LogP contribution in [-0.4, -0.2) is 25.5 Å². The molecule has 1 aromatic heterocycles. The summed E-state index contributed by atoms with van der Waals surface area (Å²) in [4.78, 5) is 2.14. The van der Waals surface area contributed by atoms with Crippen molar-refractivity contribution in [2.75, 3.05) is 20.6 Å². The summed E-state index contributed by atoms with van der Waals surface area (Å²) in [6.45, 7) is 1.05. The lowest BCUT2D eigenvalue weighted by Gasteiger charge is -2.06. The van der Waals surface area contributed by atoms with Crippen LogP contribution in [0.15, 0.2) is 22.8 Å². The molecule has 2 nitrogen and oxygen atoms in total. The fraction of sp³-hybridized carbons (Fsp3) is 0.500. The third kappa shape index (κ3) is 4.06. The van der Waals surface area contributed by atoms with Gasteiger partial charge < -0.3 is 9.32 Å². The highest BCUT2D eigenvalue weighted by molar-refractivity contribution is 5.85. The van der Waals surface area contributed by atoms with Gasteiger partial charge in [-0.2, -0.15) is 0 Å². The van der Waals surface area contributed by atoms with Gasteiger partial charge in [-0.25, -0.2) is 0 Å². The molecule has 0 radical (unpaired) electrons. The van der Waals surface area contributed by atoms with Crippen LogP contribution >= 0.6 is 12.4 Å². The van der Waals surface area contributed by atoms with E-state index in [2.05, 4.69) is 19.0 Å². The van der Waals surface area contributed by atoms with Gasteiger partial charge in [-0.1, -0.05) is 0 Å². The van der Waals surface area contributed by atoms with Gasteiger partial charge in [-0.05, 0) is 26.2 Å². The highest BCUT2D eigenvalue weighted by Crippen LogP contribution is 2.00. The maximum absolute atomic E-state index is 5.16. The Morgan fingerprint density at radius 1 is 1.45 bits per heavy atom. The number of furan rings is 1. The van der Waals surface area contributed by atoms with Gasteiger partial charge in [0.05, 0.1) is 6.26 Å². The van der Waals surface area contributed by atoms with E-state index < -0.39 is 0 Å². The molecule has 0 amide bonds. The van der Waals surface area contributed by atoms with E-state index >= 15 is 0 Å². The molecule has 0 aliphatic carbocycles. The van der Waals surface area contributed by atoms with Crippen LogP contribution in [0.3, 0.4) is 0 Å². The summed E-state index contributed by atoms with van der Waals surface area (Å²) in [5, 5.41) is 0. The largest absolute Gasteiger partial charge is 0.469 e. The summed E-state index contributed by atoms with van der Waals surface area (Å²) in [5.74, 6) is 1.06. The molecule has 1 heterocycles. The third-order valence-corrected chi connectivity index (χ3v) is 1.39. The lowest BCUT2D eigenvalue weighted by molar-refractivity contribution is 0.390. The molecular formula is C8H14ClNO. The molecule has 0 aliphatic heterocycles. The van der Waals surface area contributed by atoms with Crippen LogP contribution in [0.4, 0.5) is 0 Å². The zero-order valence-electron chi connectivity index (χ0n) is 6.91. The van der Waals surface area contributed by atoms with Gasteiger partial charge in [-0.3, -0.25) is 0 Å². The molecular weight excluding hydrogens is 162 g/mol. The lowest BCUT2D eigenvalue weighted by atomic mass is 10.3. The van der Waals surface area contributed by atoms with Crippen LogP contribution in [0, 0.1) is 0 Å². The Labute approximate surface area is 73.6 Å². The predicted molar refractivity (Wildman–Crippen MR) is 48.2 cm³/mol. The zero-order valence-corrected chi connectivity index (χ0v) is 7.73. The van der Waals surface area contributed by atoms with Crippen molar-refractivity contribution >= 4 is 12.4 Å². The summed E-state index contributed by atoms with van der Waals surface area (Å²) in [6.07, 6.45) is 2.71. The minimum absolute atomic E-state index is 0. The number of likely N-dealkylation sites (N-methyl/N-ethyl adjacent to an activating group) is 1. The first-order chi connectivity index (χ1) is 4.79. The molecule has 1 aromatic rings. The normalized spacial score (nSPS) is 9.73. The molecule has 3 heteroatoms.